The van der Waals surface area contributed by atoms with Crippen LogP contribution in [-0.4, -0.2) is 55.7 Å². The molecule has 1 aromatic heterocycles. The number of aryl methyl sites for hydroxylation is 1. The van der Waals surface area contributed by atoms with Crippen LogP contribution in [0.1, 0.15) is 12.0 Å². The van der Waals surface area contributed by atoms with Crippen LogP contribution in [0.15, 0.2) is 42.5 Å². The van der Waals surface area contributed by atoms with Crippen LogP contribution in [0.5, 0.6) is 11.5 Å². The van der Waals surface area contributed by atoms with E-state index in [1.54, 1.807) is 16.2 Å². The Balaban J connectivity index is 1.60. The Morgan fingerprint density at radius 1 is 1.17 bits per heavy atom. The predicted octanol–water partition coefficient (Wildman–Crippen LogP) is 3.73. The van der Waals surface area contributed by atoms with E-state index in [4.69, 9.17) is 14.5 Å². The largest absolute Gasteiger partial charge is 0.485 e. The highest BCUT2D eigenvalue weighted by Gasteiger charge is 2.33. The maximum Gasteiger partial charge on any atom is 0.273 e. The molecular weight excluding hydrogens is 386 g/mol. The maximum absolute atomic E-state index is 13.4. The quantitative estimate of drug-likeness (QED) is 0.619. The Hall–Kier alpha value is -2.64. The smallest absolute Gasteiger partial charge is 0.273 e. The van der Waals surface area contributed by atoms with Gasteiger partial charge in [0.25, 0.3) is 5.91 Å². The molecule has 0 bridgehead atoms. The first kappa shape index (κ1) is 19.7. The Kier molecular flexibility index (Phi) is 5.69. The van der Waals surface area contributed by atoms with Crippen LogP contribution in [-0.2, 0) is 4.79 Å². The summed E-state index contributed by atoms with van der Waals surface area (Å²) in [6.07, 6.45) is 0.163. The molecule has 152 valence electrons. The number of rotatable bonds is 6. The van der Waals surface area contributed by atoms with E-state index in [9.17, 15) is 4.79 Å². The van der Waals surface area contributed by atoms with Gasteiger partial charge in [-0.05, 0) is 63.8 Å². The molecule has 1 amide bonds. The first-order valence-corrected chi connectivity index (χ1v) is 10.5. The first-order chi connectivity index (χ1) is 14.0. The van der Waals surface area contributed by atoms with Crippen LogP contribution in [0.3, 0.4) is 0 Å². The number of thiazole rings is 1. The maximum atomic E-state index is 13.4. The monoisotopic (exact) mass is 411 g/mol. The molecule has 0 spiro atoms. The molecule has 0 saturated carbocycles. The third-order valence-electron chi connectivity index (χ3n) is 4.80. The number of fused-ring (bicyclic) bond motifs is 2. The summed E-state index contributed by atoms with van der Waals surface area (Å²) in [6.45, 7) is 3.73. The average Bonchev–Trinajstić information content (AvgIpc) is 3.13. The molecule has 1 aliphatic heterocycles. The van der Waals surface area contributed by atoms with E-state index in [0.29, 0.717) is 23.2 Å². The summed E-state index contributed by atoms with van der Waals surface area (Å²) in [5.41, 5.74) is 2.09. The van der Waals surface area contributed by atoms with Crippen LogP contribution in [0.25, 0.3) is 10.2 Å². The molecule has 4 rings (SSSR count). The van der Waals surface area contributed by atoms with Crippen molar-refractivity contribution in [1.29, 1.82) is 0 Å². The van der Waals surface area contributed by atoms with Gasteiger partial charge < -0.3 is 14.4 Å². The van der Waals surface area contributed by atoms with E-state index in [0.717, 1.165) is 23.2 Å². The summed E-state index contributed by atoms with van der Waals surface area (Å²) in [7, 11) is 4.06. The van der Waals surface area contributed by atoms with Crippen LogP contribution in [0, 0.1) is 6.92 Å². The topological polar surface area (TPSA) is 54.9 Å². The number of hydrogen-bond acceptors (Lipinski definition) is 6. The average molecular weight is 412 g/mol. The zero-order valence-corrected chi connectivity index (χ0v) is 17.7. The minimum atomic E-state index is -0.682. The molecule has 7 heteroatoms. The number of nitrogens with zero attached hydrogens (tertiary/aromatic N) is 3. The Labute approximate surface area is 174 Å². The van der Waals surface area contributed by atoms with Crippen LogP contribution in [0.2, 0.25) is 0 Å². The van der Waals surface area contributed by atoms with E-state index >= 15 is 0 Å². The SMILES string of the molecule is Cc1ccc2nc(N(CCCN(C)C)C(=O)C3COc4ccccc4O3)sc2c1. The molecule has 3 aromatic rings. The molecule has 2 heterocycles. The molecule has 0 N–H and O–H groups in total. The number of ether oxygens (including phenoxy) is 2. The highest BCUT2D eigenvalue weighted by atomic mass is 32.1. The second-order valence-electron chi connectivity index (χ2n) is 7.48. The molecule has 0 fully saturated rings. The van der Waals surface area contributed by atoms with Gasteiger partial charge in [0.1, 0.15) is 6.61 Å². The fraction of sp³-hybridized carbons (Fsp3) is 0.364. The van der Waals surface area contributed by atoms with E-state index in [2.05, 4.69) is 17.9 Å². The molecule has 1 unspecified atom stereocenters. The fourth-order valence-electron chi connectivity index (χ4n) is 3.30. The second kappa shape index (κ2) is 8.39. The first-order valence-electron chi connectivity index (χ1n) is 9.73. The van der Waals surface area contributed by atoms with Gasteiger partial charge in [-0.2, -0.15) is 0 Å². The van der Waals surface area contributed by atoms with Gasteiger partial charge in [-0.25, -0.2) is 4.98 Å². The van der Waals surface area contributed by atoms with Gasteiger partial charge in [-0.1, -0.05) is 29.5 Å². The Morgan fingerprint density at radius 2 is 1.97 bits per heavy atom. The molecule has 29 heavy (non-hydrogen) atoms. The number of carbonyl (C=O) groups excluding carboxylic acids is 1. The van der Waals surface area contributed by atoms with Crippen molar-refractivity contribution in [2.45, 2.75) is 19.4 Å². The molecule has 1 aliphatic rings. The molecule has 0 radical (unpaired) electrons. The third-order valence-corrected chi connectivity index (χ3v) is 5.84. The van der Waals surface area contributed by atoms with Crippen LogP contribution < -0.4 is 14.4 Å². The Morgan fingerprint density at radius 3 is 2.76 bits per heavy atom. The Bertz CT molecular complexity index is 1020. The summed E-state index contributed by atoms with van der Waals surface area (Å²) in [4.78, 5) is 22.0. The lowest BCUT2D eigenvalue weighted by Crippen LogP contribution is -2.47. The third kappa shape index (κ3) is 4.36. The van der Waals surface area contributed by atoms with E-state index in [1.807, 2.05) is 50.5 Å². The van der Waals surface area contributed by atoms with Crippen molar-refractivity contribution in [1.82, 2.24) is 9.88 Å². The normalized spacial score (nSPS) is 15.7. The van der Waals surface area contributed by atoms with Crippen LogP contribution in [0.4, 0.5) is 5.13 Å². The van der Waals surface area contributed by atoms with Crippen molar-refractivity contribution in [2.75, 3.05) is 38.7 Å². The van der Waals surface area contributed by atoms with Gasteiger partial charge >= 0.3 is 0 Å². The van der Waals surface area contributed by atoms with Crippen molar-refractivity contribution in [3.05, 3.63) is 48.0 Å². The van der Waals surface area contributed by atoms with Crippen molar-refractivity contribution in [3.8, 4) is 11.5 Å². The van der Waals surface area contributed by atoms with Gasteiger partial charge in [0, 0.05) is 6.54 Å². The number of amides is 1. The van der Waals surface area contributed by atoms with Gasteiger partial charge in [-0.15, -0.1) is 0 Å². The van der Waals surface area contributed by atoms with Crippen molar-refractivity contribution in [2.24, 2.45) is 0 Å². The van der Waals surface area contributed by atoms with E-state index in [1.165, 1.54) is 5.56 Å². The minimum absolute atomic E-state index is 0.117. The molecule has 0 aliphatic carbocycles. The number of carbonyl (C=O) groups is 1. The lowest BCUT2D eigenvalue weighted by atomic mass is 10.2. The fourth-order valence-corrected chi connectivity index (χ4v) is 4.39. The molecule has 1 atom stereocenters. The number of aromatic nitrogens is 1. The highest BCUT2D eigenvalue weighted by Crippen LogP contribution is 2.33. The van der Waals surface area contributed by atoms with Gasteiger partial charge in [0.05, 0.1) is 10.2 Å². The molecule has 0 saturated heterocycles. The molecular formula is C22H25N3O3S. The summed E-state index contributed by atoms with van der Waals surface area (Å²) in [5, 5.41) is 0.705. The summed E-state index contributed by atoms with van der Waals surface area (Å²) >= 11 is 1.54. The number of para-hydroxylation sites is 2. The van der Waals surface area contributed by atoms with E-state index < -0.39 is 6.10 Å². The van der Waals surface area contributed by atoms with Gasteiger partial charge in [0.2, 0.25) is 6.10 Å². The van der Waals surface area contributed by atoms with E-state index in [-0.39, 0.29) is 12.5 Å². The van der Waals surface area contributed by atoms with Gasteiger partial charge in [0.15, 0.2) is 16.6 Å². The molecule has 2 aromatic carbocycles. The van der Waals surface area contributed by atoms with Gasteiger partial charge in [-0.3, -0.25) is 9.69 Å². The highest BCUT2D eigenvalue weighted by molar-refractivity contribution is 7.22. The number of benzene rings is 2. The second-order valence-corrected chi connectivity index (χ2v) is 8.49. The van der Waals surface area contributed by atoms with Crippen molar-refractivity contribution in [3.63, 3.8) is 0 Å². The zero-order valence-electron chi connectivity index (χ0n) is 16.9. The zero-order chi connectivity index (χ0) is 20.4. The summed E-state index contributed by atoms with van der Waals surface area (Å²) in [5.74, 6) is 1.16. The lowest BCUT2D eigenvalue weighted by molar-refractivity contribution is -0.127. The summed E-state index contributed by atoms with van der Waals surface area (Å²) in [6, 6.07) is 13.6. The van der Waals surface area contributed by atoms with Crippen molar-refractivity contribution >= 4 is 32.6 Å². The molecule has 6 nitrogen and oxygen atoms in total. The number of anilines is 1. The minimum Gasteiger partial charge on any atom is -0.485 e. The summed E-state index contributed by atoms with van der Waals surface area (Å²) < 4.78 is 12.8. The standard InChI is InChI=1S/C22H25N3O3S/c1-15-9-10-16-20(13-15)29-22(23-16)25(12-6-11-24(2)3)21(26)19-14-27-17-7-4-5-8-18(17)28-19/h4-5,7-10,13,19H,6,11-12,14H2,1-3H3. The lowest BCUT2D eigenvalue weighted by Gasteiger charge is -2.29. The van der Waals surface area contributed by atoms with Crippen molar-refractivity contribution < 1.29 is 14.3 Å². The predicted molar refractivity (Wildman–Crippen MR) is 116 cm³/mol. The number of hydrogen-bond donors (Lipinski definition) is 0. The van der Waals surface area contributed by atoms with Crippen LogP contribution >= 0.6 is 11.3 Å².